The Hall–Kier alpha value is -2.18. The summed E-state index contributed by atoms with van der Waals surface area (Å²) < 4.78 is 1.07. The predicted molar refractivity (Wildman–Crippen MR) is 95.0 cm³/mol. The molecule has 3 aromatic rings. The Labute approximate surface area is 143 Å². The van der Waals surface area contributed by atoms with Crippen LogP contribution in [0.3, 0.4) is 0 Å². The zero-order chi connectivity index (χ0) is 16.1. The van der Waals surface area contributed by atoms with Crippen molar-refractivity contribution in [1.29, 1.82) is 0 Å². The van der Waals surface area contributed by atoms with Gasteiger partial charge in [0.1, 0.15) is 10.2 Å². The van der Waals surface area contributed by atoms with Crippen LogP contribution in [0.2, 0.25) is 0 Å². The minimum absolute atomic E-state index is 0.154. The lowest BCUT2D eigenvalue weighted by Crippen LogP contribution is -2.12. The second kappa shape index (κ2) is 7.39. The number of rotatable bonds is 5. The quantitative estimate of drug-likeness (QED) is 0.699. The number of carbonyl (C=O) groups excluding carboxylic acids is 1. The third-order valence-corrected chi connectivity index (χ3v) is 5.29. The van der Waals surface area contributed by atoms with Gasteiger partial charge >= 0.3 is 0 Å². The van der Waals surface area contributed by atoms with Gasteiger partial charge in [-0.3, -0.25) is 4.79 Å². The van der Waals surface area contributed by atoms with Gasteiger partial charge in [0.25, 0.3) is 5.91 Å². The Morgan fingerprint density at radius 3 is 2.70 bits per heavy atom. The van der Waals surface area contributed by atoms with Gasteiger partial charge in [-0.25, -0.2) is 9.97 Å². The number of hydrogen-bond acceptors (Lipinski definition) is 5. The highest BCUT2D eigenvalue weighted by Gasteiger charge is 2.07. The van der Waals surface area contributed by atoms with Crippen LogP contribution in [0, 0.1) is 6.92 Å². The van der Waals surface area contributed by atoms with Gasteiger partial charge < -0.3 is 5.32 Å². The SMILES string of the molecule is Cc1csc(SCc2ccc(C(=O)Nc3ccccn3)cc2)n1. The summed E-state index contributed by atoms with van der Waals surface area (Å²) in [6.45, 7) is 2.00. The van der Waals surface area contributed by atoms with Crippen molar-refractivity contribution in [1.82, 2.24) is 9.97 Å². The van der Waals surface area contributed by atoms with E-state index in [-0.39, 0.29) is 5.91 Å². The summed E-state index contributed by atoms with van der Waals surface area (Å²) in [5, 5.41) is 4.82. The van der Waals surface area contributed by atoms with Crippen molar-refractivity contribution in [3.8, 4) is 0 Å². The largest absolute Gasteiger partial charge is 0.307 e. The van der Waals surface area contributed by atoms with E-state index in [1.807, 2.05) is 48.7 Å². The number of aromatic nitrogens is 2. The van der Waals surface area contributed by atoms with Crippen LogP contribution >= 0.6 is 23.1 Å². The number of carbonyl (C=O) groups is 1. The number of nitrogens with one attached hydrogen (secondary N) is 1. The first kappa shape index (κ1) is 15.7. The fraction of sp³-hybridized carbons (Fsp3) is 0.118. The number of thioether (sulfide) groups is 1. The van der Waals surface area contributed by atoms with E-state index in [1.165, 1.54) is 0 Å². The molecule has 0 radical (unpaired) electrons. The summed E-state index contributed by atoms with van der Waals surface area (Å²) in [6, 6.07) is 13.0. The monoisotopic (exact) mass is 341 g/mol. The molecule has 0 aliphatic heterocycles. The molecular weight excluding hydrogens is 326 g/mol. The van der Waals surface area contributed by atoms with E-state index in [4.69, 9.17) is 0 Å². The fourth-order valence-electron chi connectivity index (χ4n) is 1.92. The van der Waals surface area contributed by atoms with Gasteiger partial charge in [-0.05, 0) is 36.8 Å². The van der Waals surface area contributed by atoms with Crippen molar-refractivity contribution in [2.45, 2.75) is 17.0 Å². The second-order valence-electron chi connectivity index (χ2n) is 4.91. The molecule has 0 saturated carbocycles. The normalized spacial score (nSPS) is 10.5. The number of aryl methyl sites for hydroxylation is 1. The van der Waals surface area contributed by atoms with Crippen molar-refractivity contribution in [3.63, 3.8) is 0 Å². The molecule has 0 aliphatic carbocycles. The molecule has 0 spiro atoms. The molecule has 6 heteroatoms. The van der Waals surface area contributed by atoms with Gasteiger partial charge in [-0.1, -0.05) is 30.0 Å². The van der Waals surface area contributed by atoms with Crippen LogP contribution in [0.1, 0.15) is 21.6 Å². The Morgan fingerprint density at radius 2 is 2.04 bits per heavy atom. The molecule has 2 aromatic heterocycles. The summed E-state index contributed by atoms with van der Waals surface area (Å²) in [4.78, 5) is 20.7. The van der Waals surface area contributed by atoms with Crippen molar-refractivity contribution in [2.75, 3.05) is 5.32 Å². The van der Waals surface area contributed by atoms with Crippen LogP contribution in [0.4, 0.5) is 5.82 Å². The highest BCUT2D eigenvalue weighted by atomic mass is 32.2. The maximum absolute atomic E-state index is 12.1. The number of hydrogen-bond donors (Lipinski definition) is 1. The minimum Gasteiger partial charge on any atom is -0.307 e. The summed E-state index contributed by atoms with van der Waals surface area (Å²) in [5.41, 5.74) is 2.84. The van der Waals surface area contributed by atoms with Crippen molar-refractivity contribution >= 4 is 34.8 Å². The molecule has 0 saturated heterocycles. The van der Waals surface area contributed by atoms with Gasteiger partial charge in [0.05, 0.1) is 0 Å². The van der Waals surface area contributed by atoms with E-state index in [9.17, 15) is 4.79 Å². The number of thiazole rings is 1. The third kappa shape index (κ3) is 4.40. The summed E-state index contributed by atoms with van der Waals surface area (Å²) in [5.74, 6) is 1.24. The van der Waals surface area contributed by atoms with Crippen LogP contribution in [-0.4, -0.2) is 15.9 Å². The molecule has 1 aromatic carbocycles. The maximum Gasteiger partial charge on any atom is 0.256 e. The summed E-state index contributed by atoms with van der Waals surface area (Å²) in [6.07, 6.45) is 1.65. The zero-order valence-electron chi connectivity index (χ0n) is 12.5. The molecule has 0 aliphatic rings. The summed E-state index contributed by atoms with van der Waals surface area (Å²) >= 11 is 3.37. The van der Waals surface area contributed by atoms with E-state index in [1.54, 1.807) is 35.4 Å². The Bertz CT molecular complexity index is 785. The third-order valence-electron chi connectivity index (χ3n) is 3.08. The van der Waals surface area contributed by atoms with Crippen molar-refractivity contribution in [3.05, 3.63) is 70.9 Å². The van der Waals surface area contributed by atoms with Crippen LogP contribution in [0.25, 0.3) is 0 Å². The molecule has 116 valence electrons. The molecule has 4 nitrogen and oxygen atoms in total. The van der Waals surface area contributed by atoms with E-state index >= 15 is 0 Å². The number of pyridine rings is 1. The molecule has 1 amide bonds. The molecular formula is C17H15N3OS2. The van der Waals surface area contributed by atoms with Gasteiger partial charge in [-0.2, -0.15) is 0 Å². The van der Waals surface area contributed by atoms with E-state index in [0.717, 1.165) is 21.3 Å². The van der Waals surface area contributed by atoms with E-state index in [0.29, 0.717) is 11.4 Å². The van der Waals surface area contributed by atoms with Gasteiger partial charge in [-0.15, -0.1) is 11.3 Å². The fourth-order valence-corrected chi connectivity index (χ4v) is 3.73. The van der Waals surface area contributed by atoms with Crippen LogP contribution in [-0.2, 0) is 5.75 Å². The Morgan fingerprint density at radius 1 is 1.22 bits per heavy atom. The Kier molecular flexibility index (Phi) is 5.05. The lowest BCUT2D eigenvalue weighted by Gasteiger charge is -2.05. The standard InChI is InChI=1S/C17H15N3OS2/c1-12-10-22-17(19-12)23-11-13-5-7-14(8-6-13)16(21)20-15-4-2-3-9-18-15/h2-10H,11H2,1H3,(H,18,20,21). The molecule has 2 heterocycles. The molecule has 0 bridgehead atoms. The van der Waals surface area contributed by atoms with Crippen LogP contribution in [0.15, 0.2) is 58.4 Å². The lowest BCUT2D eigenvalue weighted by molar-refractivity contribution is 0.102. The van der Waals surface area contributed by atoms with Gasteiger partial charge in [0.15, 0.2) is 0 Å². The zero-order valence-corrected chi connectivity index (χ0v) is 14.2. The number of amides is 1. The first-order valence-corrected chi connectivity index (χ1v) is 8.93. The lowest BCUT2D eigenvalue weighted by atomic mass is 10.1. The van der Waals surface area contributed by atoms with Crippen molar-refractivity contribution in [2.24, 2.45) is 0 Å². The molecule has 3 rings (SSSR count). The van der Waals surface area contributed by atoms with Crippen LogP contribution in [0.5, 0.6) is 0 Å². The van der Waals surface area contributed by atoms with E-state index in [2.05, 4.69) is 15.3 Å². The topological polar surface area (TPSA) is 54.9 Å². The van der Waals surface area contributed by atoms with Crippen LogP contribution < -0.4 is 5.32 Å². The highest BCUT2D eigenvalue weighted by Crippen LogP contribution is 2.26. The highest BCUT2D eigenvalue weighted by molar-refractivity contribution is 8.00. The number of anilines is 1. The molecule has 1 N–H and O–H groups in total. The average Bonchev–Trinajstić information content (AvgIpc) is 3.00. The average molecular weight is 341 g/mol. The molecule has 0 unspecified atom stereocenters. The van der Waals surface area contributed by atoms with Crippen molar-refractivity contribution < 1.29 is 4.79 Å². The number of nitrogens with zero attached hydrogens (tertiary/aromatic N) is 2. The molecule has 0 fully saturated rings. The minimum atomic E-state index is -0.154. The van der Waals surface area contributed by atoms with Gasteiger partial charge in [0, 0.05) is 28.6 Å². The maximum atomic E-state index is 12.1. The van der Waals surface area contributed by atoms with Gasteiger partial charge in [0.2, 0.25) is 0 Å². The molecule has 0 atom stereocenters. The smallest absolute Gasteiger partial charge is 0.256 e. The first-order chi connectivity index (χ1) is 11.2. The second-order valence-corrected chi connectivity index (χ2v) is 6.99. The first-order valence-electron chi connectivity index (χ1n) is 7.07. The van der Waals surface area contributed by atoms with E-state index < -0.39 is 0 Å². The Balaban J connectivity index is 1.59. The number of benzene rings is 1. The molecule has 23 heavy (non-hydrogen) atoms. The predicted octanol–water partition coefficient (Wildman–Crippen LogP) is 4.39. The summed E-state index contributed by atoms with van der Waals surface area (Å²) in [7, 11) is 0.